The molecule has 2 rings (SSSR count). The van der Waals surface area contributed by atoms with Crippen LogP contribution in [0.25, 0.3) is 10.9 Å². The van der Waals surface area contributed by atoms with Crippen molar-refractivity contribution >= 4 is 40.2 Å². The number of methoxy groups -OCH3 is 1. The molecule has 1 N–H and O–H groups in total. The van der Waals surface area contributed by atoms with Gasteiger partial charge in [-0.15, -0.1) is 0 Å². The quantitative estimate of drug-likeness (QED) is 0.400. The Bertz CT molecular complexity index is 823. The Kier molecular flexibility index (Phi) is 7.93. The van der Waals surface area contributed by atoms with E-state index in [0.717, 1.165) is 6.42 Å². The second-order valence-corrected chi connectivity index (χ2v) is 7.71. The lowest BCUT2D eigenvalue weighted by molar-refractivity contribution is -0.118. The van der Waals surface area contributed by atoms with Crippen molar-refractivity contribution in [3.63, 3.8) is 0 Å². The van der Waals surface area contributed by atoms with Crippen LogP contribution in [0.1, 0.15) is 20.3 Å². The van der Waals surface area contributed by atoms with Crippen molar-refractivity contribution < 1.29 is 9.53 Å². The van der Waals surface area contributed by atoms with Crippen LogP contribution in [0.5, 0.6) is 0 Å². The standard InChI is InChI=1S/C18H24ClN3O3S/c1-12(2)6-8-22-17(24)14-5-4-13(19)10-15(14)21-18(22)26-11-16(23)20-7-9-25-3/h4-5,10,12H,6-9,11H2,1-3H3,(H,20,23). The van der Waals surface area contributed by atoms with Crippen molar-refractivity contribution in [2.24, 2.45) is 5.92 Å². The Labute approximate surface area is 162 Å². The normalized spacial score (nSPS) is 11.3. The molecular weight excluding hydrogens is 374 g/mol. The van der Waals surface area contributed by atoms with Gasteiger partial charge < -0.3 is 10.1 Å². The van der Waals surface area contributed by atoms with Crippen LogP contribution in [0.15, 0.2) is 28.2 Å². The van der Waals surface area contributed by atoms with Crippen LogP contribution in [0.4, 0.5) is 0 Å². The molecule has 6 nitrogen and oxygen atoms in total. The number of benzene rings is 1. The maximum absolute atomic E-state index is 12.9. The molecule has 0 aliphatic carbocycles. The zero-order chi connectivity index (χ0) is 19.1. The third kappa shape index (κ3) is 5.72. The van der Waals surface area contributed by atoms with E-state index < -0.39 is 0 Å². The molecule has 8 heteroatoms. The van der Waals surface area contributed by atoms with E-state index in [4.69, 9.17) is 16.3 Å². The average molecular weight is 398 g/mol. The highest BCUT2D eigenvalue weighted by atomic mass is 35.5. The number of nitrogens with one attached hydrogen (secondary N) is 1. The molecule has 0 saturated heterocycles. The van der Waals surface area contributed by atoms with Crippen LogP contribution in [0.3, 0.4) is 0 Å². The summed E-state index contributed by atoms with van der Waals surface area (Å²) in [6, 6.07) is 5.06. The second kappa shape index (κ2) is 9.94. The van der Waals surface area contributed by atoms with Crippen LogP contribution in [-0.2, 0) is 16.1 Å². The second-order valence-electron chi connectivity index (χ2n) is 6.33. The number of hydrogen-bond acceptors (Lipinski definition) is 5. The first-order chi connectivity index (χ1) is 12.4. The number of nitrogens with zero attached hydrogens (tertiary/aromatic N) is 2. The largest absolute Gasteiger partial charge is 0.383 e. The minimum Gasteiger partial charge on any atom is -0.383 e. The SMILES string of the molecule is COCCNC(=O)CSc1nc2cc(Cl)ccc2c(=O)n1CCC(C)C. The first-order valence-electron chi connectivity index (χ1n) is 8.51. The van der Waals surface area contributed by atoms with Crippen LogP contribution in [0, 0.1) is 5.92 Å². The molecule has 1 amide bonds. The van der Waals surface area contributed by atoms with Crippen molar-refractivity contribution in [1.82, 2.24) is 14.9 Å². The van der Waals surface area contributed by atoms with E-state index in [1.165, 1.54) is 11.8 Å². The predicted octanol–water partition coefficient (Wildman–Crippen LogP) is 2.95. The number of thioether (sulfide) groups is 1. The zero-order valence-corrected chi connectivity index (χ0v) is 16.8. The van der Waals surface area contributed by atoms with Gasteiger partial charge in [-0.05, 0) is 30.5 Å². The molecule has 26 heavy (non-hydrogen) atoms. The summed E-state index contributed by atoms with van der Waals surface area (Å²) < 4.78 is 6.57. The summed E-state index contributed by atoms with van der Waals surface area (Å²) in [5.74, 6) is 0.519. The van der Waals surface area contributed by atoms with Crippen molar-refractivity contribution in [3.8, 4) is 0 Å². The van der Waals surface area contributed by atoms with E-state index in [1.54, 1.807) is 29.9 Å². The van der Waals surface area contributed by atoms with E-state index >= 15 is 0 Å². The van der Waals surface area contributed by atoms with Crippen molar-refractivity contribution in [2.75, 3.05) is 26.0 Å². The third-order valence-electron chi connectivity index (χ3n) is 3.77. The van der Waals surface area contributed by atoms with Gasteiger partial charge in [0.15, 0.2) is 5.16 Å². The molecule has 0 aliphatic heterocycles. The number of rotatable bonds is 9. The summed E-state index contributed by atoms with van der Waals surface area (Å²) >= 11 is 7.29. The number of carbonyl (C=O) groups is 1. The fourth-order valence-corrected chi connectivity index (χ4v) is 3.36. The van der Waals surface area contributed by atoms with Crippen LogP contribution < -0.4 is 10.9 Å². The molecule has 142 valence electrons. The summed E-state index contributed by atoms with van der Waals surface area (Å²) in [5, 5.41) is 4.36. The van der Waals surface area contributed by atoms with E-state index in [1.807, 2.05) is 0 Å². The van der Waals surface area contributed by atoms with Gasteiger partial charge in [-0.2, -0.15) is 0 Å². The van der Waals surface area contributed by atoms with E-state index in [-0.39, 0.29) is 17.2 Å². The Morgan fingerprint density at radius 1 is 1.42 bits per heavy atom. The number of halogens is 1. The van der Waals surface area contributed by atoms with Crippen LogP contribution >= 0.6 is 23.4 Å². The number of fused-ring (bicyclic) bond motifs is 1. The van der Waals surface area contributed by atoms with Crippen LogP contribution in [0.2, 0.25) is 5.02 Å². The zero-order valence-electron chi connectivity index (χ0n) is 15.3. The van der Waals surface area contributed by atoms with Gasteiger partial charge in [0.05, 0.1) is 23.3 Å². The van der Waals surface area contributed by atoms with Gasteiger partial charge in [-0.25, -0.2) is 4.98 Å². The third-order valence-corrected chi connectivity index (χ3v) is 4.98. The number of ether oxygens (including phenoxy) is 1. The van der Waals surface area contributed by atoms with Gasteiger partial charge in [-0.1, -0.05) is 37.2 Å². The Balaban J connectivity index is 2.27. The molecule has 1 heterocycles. The van der Waals surface area contributed by atoms with E-state index in [0.29, 0.717) is 46.7 Å². The Morgan fingerprint density at radius 3 is 2.88 bits per heavy atom. The number of amides is 1. The van der Waals surface area contributed by atoms with E-state index in [2.05, 4.69) is 24.1 Å². The van der Waals surface area contributed by atoms with Gasteiger partial charge in [0.2, 0.25) is 5.91 Å². The summed E-state index contributed by atoms with van der Waals surface area (Å²) in [4.78, 5) is 29.4. The highest BCUT2D eigenvalue weighted by Crippen LogP contribution is 2.21. The first-order valence-corrected chi connectivity index (χ1v) is 9.87. The van der Waals surface area contributed by atoms with Crippen molar-refractivity contribution in [2.45, 2.75) is 32.0 Å². The fourth-order valence-electron chi connectivity index (χ4n) is 2.34. The Morgan fingerprint density at radius 2 is 2.19 bits per heavy atom. The minimum absolute atomic E-state index is 0.102. The monoisotopic (exact) mass is 397 g/mol. The van der Waals surface area contributed by atoms with Crippen molar-refractivity contribution in [1.29, 1.82) is 0 Å². The predicted molar refractivity (Wildman–Crippen MR) is 106 cm³/mol. The highest BCUT2D eigenvalue weighted by molar-refractivity contribution is 7.99. The lowest BCUT2D eigenvalue weighted by atomic mass is 10.1. The maximum Gasteiger partial charge on any atom is 0.262 e. The van der Waals surface area contributed by atoms with Gasteiger partial charge in [0, 0.05) is 25.2 Å². The maximum atomic E-state index is 12.9. The molecule has 1 aromatic carbocycles. The minimum atomic E-state index is -0.122. The summed E-state index contributed by atoms with van der Waals surface area (Å²) in [7, 11) is 1.58. The topological polar surface area (TPSA) is 73.2 Å². The summed E-state index contributed by atoms with van der Waals surface area (Å²) in [6.07, 6.45) is 0.855. The summed E-state index contributed by atoms with van der Waals surface area (Å²) in [5.41, 5.74) is 0.445. The molecule has 0 radical (unpaired) electrons. The molecule has 0 spiro atoms. The number of carbonyl (C=O) groups excluding carboxylic acids is 1. The fraction of sp³-hybridized carbons (Fsp3) is 0.500. The lowest BCUT2D eigenvalue weighted by Gasteiger charge is -2.14. The van der Waals surface area contributed by atoms with Gasteiger partial charge >= 0.3 is 0 Å². The van der Waals surface area contributed by atoms with Crippen molar-refractivity contribution in [3.05, 3.63) is 33.6 Å². The van der Waals surface area contributed by atoms with Gasteiger partial charge in [0.1, 0.15) is 0 Å². The molecule has 1 aromatic heterocycles. The number of hydrogen-bond donors (Lipinski definition) is 1. The highest BCUT2D eigenvalue weighted by Gasteiger charge is 2.14. The molecule has 0 atom stereocenters. The smallest absolute Gasteiger partial charge is 0.262 e. The summed E-state index contributed by atoms with van der Waals surface area (Å²) in [6.45, 7) is 5.69. The first kappa shape index (κ1) is 20.7. The molecule has 0 aliphatic rings. The average Bonchev–Trinajstić information content (AvgIpc) is 2.59. The molecular formula is C18H24ClN3O3S. The van der Waals surface area contributed by atoms with E-state index in [9.17, 15) is 9.59 Å². The molecule has 0 fully saturated rings. The molecule has 0 unspecified atom stereocenters. The van der Waals surface area contributed by atoms with Crippen LogP contribution in [-0.4, -0.2) is 41.5 Å². The van der Waals surface area contributed by atoms with Gasteiger partial charge in [-0.3, -0.25) is 14.2 Å². The van der Waals surface area contributed by atoms with Gasteiger partial charge in [0.25, 0.3) is 5.56 Å². The lowest BCUT2D eigenvalue weighted by Crippen LogP contribution is -2.29. The number of aromatic nitrogens is 2. The molecule has 2 aromatic rings. The molecule has 0 saturated carbocycles. The molecule has 0 bridgehead atoms. The Hall–Kier alpha value is -1.57.